The predicted octanol–water partition coefficient (Wildman–Crippen LogP) is 4.55. The minimum Gasteiger partial charge on any atom is -0.480 e. The molecule has 8 heteroatoms. The fourth-order valence-corrected chi connectivity index (χ4v) is 5.18. The first kappa shape index (κ1) is 27.0. The van der Waals surface area contributed by atoms with Crippen LogP contribution in [0.4, 0.5) is 4.39 Å². The van der Waals surface area contributed by atoms with Gasteiger partial charge < -0.3 is 20.1 Å². The Balaban J connectivity index is 1.62. The van der Waals surface area contributed by atoms with Crippen LogP contribution in [-0.2, 0) is 22.5 Å². The molecular weight excluding hydrogens is 475 g/mol. The molecule has 3 aromatic rings. The van der Waals surface area contributed by atoms with Crippen molar-refractivity contribution in [3.8, 4) is 22.4 Å². The largest absolute Gasteiger partial charge is 0.480 e. The van der Waals surface area contributed by atoms with E-state index in [9.17, 15) is 19.4 Å². The fraction of sp³-hybridized carbons (Fsp3) is 0.448. The van der Waals surface area contributed by atoms with E-state index in [1.54, 1.807) is 6.07 Å². The highest BCUT2D eigenvalue weighted by atomic mass is 19.1. The molecule has 1 aromatic heterocycles. The first-order valence-electron chi connectivity index (χ1n) is 12.9. The second-order valence-corrected chi connectivity index (χ2v) is 9.90. The Bertz CT molecular complexity index is 1160. The number of carboxylic acids is 1. The van der Waals surface area contributed by atoms with E-state index in [4.69, 9.17) is 14.9 Å². The van der Waals surface area contributed by atoms with Crippen molar-refractivity contribution in [1.82, 2.24) is 9.78 Å². The van der Waals surface area contributed by atoms with Gasteiger partial charge in [-0.2, -0.15) is 5.10 Å². The molecule has 0 radical (unpaired) electrons. The number of hydrogen-bond acceptors (Lipinski definition) is 5. The van der Waals surface area contributed by atoms with Gasteiger partial charge in [0.25, 0.3) is 0 Å². The van der Waals surface area contributed by atoms with Gasteiger partial charge in [-0.05, 0) is 68.1 Å². The molecule has 1 aliphatic rings. The van der Waals surface area contributed by atoms with Crippen molar-refractivity contribution >= 4 is 5.97 Å². The molecule has 1 saturated carbocycles. The summed E-state index contributed by atoms with van der Waals surface area (Å²) >= 11 is 0. The number of halogens is 1. The summed E-state index contributed by atoms with van der Waals surface area (Å²) in [5.41, 5.74) is 4.22. The Kier molecular flexibility index (Phi) is 9.44. The first-order chi connectivity index (χ1) is 17.9. The number of ether oxygens (including phenoxy) is 1. The second-order valence-electron chi connectivity index (χ2n) is 9.90. The van der Waals surface area contributed by atoms with Gasteiger partial charge in [-0.25, -0.2) is 9.18 Å². The quantitative estimate of drug-likeness (QED) is 0.330. The van der Waals surface area contributed by atoms with Crippen molar-refractivity contribution in [2.24, 2.45) is 11.8 Å². The average Bonchev–Trinajstić information content (AvgIpc) is 3.26. The van der Waals surface area contributed by atoms with Crippen LogP contribution in [0.3, 0.4) is 0 Å². The van der Waals surface area contributed by atoms with E-state index in [1.165, 1.54) is 12.1 Å². The third-order valence-electron chi connectivity index (χ3n) is 7.12. The molecule has 1 fully saturated rings. The first-order valence-corrected chi connectivity index (χ1v) is 12.9. The molecule has 1 atom stereocenters. The van der Waals surface area contributed by atoms with Gasteiger partial charge in [0.15, 0.2) is 0 Å². The maximum Gasteiger partial charge on any atom is 0.329 e. The Labute approximate surface area is 216 Å². The lowest BCUT2D eigenvalue weighted by atomic mass is 9.82. The van der Waals surface area contributed by atoms with E-state index >= 15 is 0 Å². The number of carboxylic acid groups (broad SMARTS) is 1. The lowest BCUT2D eigenvalue weighted by Gasteiger charge is -2.28. The van der Waals surface area contributed by atoms with Gasteiger partial charge in [0.05, 0.1) is 19.3 Å². The lowest BCUT2D eigenvalue weighted by molar-refractivity contribution is -0.142. The zero-order valence-electron chi connectivity index (χ0n) is 20.9. The van der Waals surface area contributed by atoms with Crippen LogP contribution in [-0.4, -0.2) is 57.0 Å². The molecule has 0 amide bonds. The zero-order valence-corrected chi connectivity index (χ0v) is 20.9. The zero-order chi connectivity index (χ0) is 26.2. The summed E-state index contributed by atoms with van der Waals surface area (Å²) in [6.45, 7) is 0.583. The van der Waals surface area contributed by atoms with E-state index in [0.717, 1.165) is 53.8 Å². The number of benzene rings is 2. The van der Waals surface area contributed by atoms with E-state index < -0.39 is 12.1 Å². The molecule has 0 aliphatic heterocycles. The van der Waals surface area contributed by atoms with E-state index in [1.807, 2.05) is 41.1 Å². The number of rotatable bonds is 12. The summed E-state index contributed by atoms with van der Waals surface area (Å²) in [6.07, 6.45) is 3.91. The highest BCUT2D eigenvalue weighted by molar-refractivity contribution is 5.82. The Morgan fingerprint density at radius 3 is 2.43 bits per heavy atom. The van der Waals surface area contributed by atoms with Gasteiger partial charge in [0.2, 0.25) is 0 Å². The Morgan fingerprint density at radius 1 is 1.05 bits per heavy atom. The van der Waals surface area contributed by atoms with Crippen LogP contribution in [0.1, 0.15) is 37.8 Å². The number of aliphatic hydroxyl groups is 2. The molecule has 37 heavy (non-hydrogen) atoms. The van der Waals surface area contributed by atoms with Crippen LogP contribution in [0, 0.1) is 17.7 Å². The Hall–Kier alpha value is -3.07. The van der Waals surface area contributed by atoms with Crippen molar-refractivity contribution in [1.29, 1.82) is 0 Å². The monoisotopic (exact) mass is 510 g/mol. The molecular formula is C29H35FN2O5. The van der Waals surface area contributed by atoms with Gasteiger partial charge in [-0.1, -0.05) is 42.5 Å². The minimum absolute atomic E-state index is 0.263. The summed E-state index contributed by atoms with van der Waals surface area (Å²) in [7, 11) is 0. The predicted molar refractivity (Wildman–Crippen MR) is 138 cm³/mol. The van der Waals surface area contributed by atoms with Crippen LogP contribution < -0.4 is 0 Å². The van der Waals surface area contributed by atoms with E-state index in [2.05, 4.69) is 0 Å². The summed E-state index contributed by atoms with van der Waals surface area (Å²) in [5, 5.41) is 33.3. The van der Waals surface area contributed by atoms with Gasteiger partial charge in [0, 0.05) is 23.4 Å². The SMILES string of the molecule is O=C(O)COCC1CCC(Cn2nc(-c3ccccc3)c(-c3cccc(F)c3)c2CC[C@@H](O)CO)CC1. The molecule has 4 rings (SSSR count). The summed E-state index contributed by atoms with van der Waals surface area (Å²) in [5.74, 6) is -0.528. The standard InChI is InChI=1S/C29H35FN2O5/c30-24-8-4-7-23(15-24)28-26(14-13-25(34)17-33)32(31-29(28)22-5-2-1-3-6-22)16-20-9-11-21(12-10-20)18-37-19-27(35)36/h1-8,15,20-21,25,33-34H,9-14,16-19H2,(H,35,36)/t20?,21?,25-/m1/s1. The fourth-order valence-electron chi connectivity index (χ4n) is 5.18. The normalized spacial score (nSPS) is 18.6. The van der Waals surface area contributed by atoms with Crippen molar-refractivity contribution in [2.45, 2.75) is 51.2 Å². The third kappa shape index (κ3) is 7.25. The number of hydrogen-bond donors (Lipinski definition) is 3. The molecule has 3 N–H and O–H groups in total. The maximum atomic E-state index is 14.3. The second kappa shape index (κ2) is 12.9. The highest BCUT2D eigenvalue weighted by Crippen LogP contribution is 2.37. The molecule has 0 saturated heterocycles. The van der Waals surface area contributed by atoms with Crippen LogP contribution >= 0.6 is 0 Å². The van der Waals surface area contributed by atoms with Gasteiger partial charge in [0.1, 0.15) is 18.1 Å². The van der Waals surface area contributed by atoms with Crippen LogP contribution in [0.15, 0.2) is 54.6 Å². The summed E-state index contributed by atoms with van der Waals surface area (Å²) in [6, 6.07) is 16.3. The molecule has 0 spiro atoms. The van der Waals surface area contributed by atoms with Crippen molar-refractivity contribution in [3.05, 3.63) is 66.1 Å². The van der Waals surface area contributed by atoms with Crippen molar-refractivity contribution < 1.29 is 29.2 Å². The van der Waals surface area contributed by atoms with Gasteiger partial charge in [-0.15, -0.1) is 0 Å². The van der Waals surface area contributed by atoms with Crippen molar-refractivity contribution in [2.75, 3.05) is 19.8 Å². The lowest BCUT2D eigenvalue weighted by Crippen LogP contribution is -2.24. The van der Waals surface area contributed by atoms with Crippen molar-refractivity contribution in [3.63, 3.8) is 0 Å². The van der Waals surface area contributed by atoms with Crippen LogP contribution in [0.25, 0.3) is 22.4 Å². The molecule has 7 nitrogen and oxygen atoms in total. The summed E-state index contributed by atoms with van der Waals surface area (Å²) in [4.78, 5) is 10.7. The maximum absolute atomic E-state index is 14.3. The number of carbonyl (C=O) groups is 1. The van der Waals surface area contributed by atoms with Crippen LogP contribution in [0.2, 0.25) is 0 Å². The van der Waals surface area contributed by atoms with Gasteiger partial charge >= 0.3 is 5.97 Å². The average molecular weight is 511 g/mol. The number of nitrogens with zero attached hydrogens (tertiary/aromatic N) is 2. The van der Waals surface area contributed by atoms with Crippen LogP contribution in [0.5, 0.6) is 0 Å². The third-order valence-corrected chi connectivity index (χ3v) is 7.12. The van der Waals surface area contributed by atoms with E-state index in [0.29, 0.717) is 37.8 Å². The molecule has 0 unspecified atom stereocenters. The topological polar surface area (TPSA) is 105 Å². The molecule has 0 bridgehead atoms. The number of aliphatic carboxylic acids is 1. The number of aromatic nitrogens is 2. The molecule has 2 aromatic carbocycles. The smallest absolute Gasteiger partial charge is 0.329 e. The minimum atomic E-state index is -0.950. The molecule has 1 heterocycles. The van der Waals surface area contributed by atoms with Gasteiger partial charge in [-0.3, -0.25) is 4.68 Å². The van der Waals surface area contributed by atoms with E-state index in [-0.39, 0.29) is 19.0 Å². The number of aliphatic hydroxyl groups excluding tert-OH is 2. The molecule has 198 valence electrons. The molecule has 1 aliphatic carbocycles. The highest BCUT2D eigenvalue weighted by Gasteiger charge is 2.26. The summed E-state index contributed by atoms with van der Waals surface area (Å²) < 4.78 is 21.6. The Morgan fingerprint density at radius 2 is 1.76 bits per heavy atom.